The molecule has 138 valence electrons. The number of carbonyl (C=O) groups excluding carboxylic acids is 1. The minimum atomic E-state index is -0.194. The van der Waals surface area contributed by atoms with Crippen molar-refractivity contribution in [2.24, 2.45) is 0 Å². The van der Waals surface area contributed by atoms with E-state index in [0.717, 1.165) is 22.4 Å². The van der Waals surface area contributed by atoms with Crippen molar-refractivity contribution in [3.8, 4) is 11.5 Å². The average Bonchev–Trinajstić information content (AvgIpc) is 2.62. The molecule has 0 aliphatic heterocycles. The molecule has 0 spiro atoms. The molecule has 0 atom stereocenters. The molecule has 4 heteroatoms. The summed E-state index contributed by atoms with van der Waals surface area (Å²) >= 11 is 0. The van der Waals surface area contributed by atoms with E-state index in [1.807, 2.05) is 62.4 Å². The predicted molar refractivity (Wildman–Crippen MR) is 107 cm³/mol. The Balaban J connectivity index is 2.08. The molecule has 1 N–H and O–H groups in total. The summed E-state index contributed by atoms with van der Waals surface area (Å²) in [5.74, 6) is 1.28. The van der Waals surface area contributed by atoms with E-state index in [0.29, 0.717) is 17.4 Å². The third-order valence-corrected chi connectivity index (χ3v) is 4.10. The Kier molecular flexibility index (Phi) is 6.84. The van der Waals surface area contributed by atoms with E-state index >= 15 is 0 Å². The average molecular weight is 353 g/mol. The Bertz CT molecular complexity index is 794. The second-order valence-corrected chi connectivity index (χ2v) is 6.44. The minimum absolute atomic E-state index is 0.0782. The monoisotopic (exact) mass is 353 g/mol. The maximum Gasteiger partial charge on any atom is 0.262 e. The molecule has 0 bridgehead atoms. The summed E-state index contributed by atoms with van der Waals surface area (Å²) in [5, 5.41) is 2.98. The smallest absolute Gasteiger partial charge is 0.262 e. The van der Waals surface area contributed by atoms with Crippen LogP contribution >= 0.6 is 0 Å². The summed E-state index contributed by atoms with van der Waals surface area (Å²) in [6.45, 7) is 8.09. The molecular formula is C22H27NO3. The van der Waals surface area contributed by atoms with Crippen LogP contribution in [0.15, 0.2) is 42.5 Å². The van der Waals surface area contributed by atoms with Gasteiger partial charge in [-0.15, -0.1) is 0 Å². The van der Waals surface area contributed by atoms with Gasteiger partial charge < -0.3 is 14.8 Å². The third kappa shape index (κ3) is 4.88. The minimum Gasteiger partial charge on any atom is -0.493 e. The second-order valence-electron chi connectivity index (χ2n) is 6.44. The van der Waals surface area contributed by atoms with Gasteiger partial charge in [0.15, 0.2) is 18.1 Å². The molecule has 0 radical (unpaired) electrons. The number of para-hydroxylation sites is 1. The van der Waals surface area contributed by atoms with Gasteiger partial charge in [0.25, 0.3) is 5.91 Å². The number of methoxy groups -OCH3 is 1. The van der Waals surface area contributed by atoms with Crippen LogP contribution in [0.1, 0.15) is 43.4 Å². The van der Waals surface area contributed by atoms with Crippen LogP contribution < -0.4 is 14.8 Å². The molecule has 0 aliphatic carbocycles. The van der Waals surface area contributed by atoms with Crippen molar-refractivity contribution in [2.45, 2.75) is 33.6 Å². The zero-order chi connectivity index (χ0) is 19.1. The molecule has 1 amide bonds. The Hall–Kier alpha value is -2.75. The number of anilines is 1. The fourth-order valence-corrected chi connectivity index (χ4v) is 2.76. The van der Waals surface area contributed by atoms with E-state index in [-0.39, 0.29) is 12.5 Å². The fourth-order valence-electron chi connectivity index (χ4n) is 2.76. The van der Waals surface area contributed by atoms with Crippen LogP contribution in [0, 0.1) is 6.92 Å². The topological polar surface area (TPSA) is 47.6 Å². The van der Waals surface area contributed by atoms with Crippen molar-refractivity contribution in [3.05, 3.63) is 59.2 Å². The summed E-state index contributed by atoms with van der Waals surface area (Å²) < 4.78 is 11.0. The number of ether oxygens (including phenoxy) is 2. The first-order chi connectivity index (χ1) is 12.5. The summed E-state index contributed by atoms with van der Waals surface area (Å²) in [7, 11) is 1.59. The van der Waals surface area contributed by atoms with Crippen LogP contribution in [-0.4, -0.2) is 19.6 Å². The van der Waals surface area contributed by atoms with Gasteiger partial charge in [-0.3, -0.25) is 4.79 Å². The highest BCUT2D eigenvalue weighted by atomic mass is 16.5. The largest absolute Gasteiger partial charge is 0.493 e. The Labute approximate surface area is 155 Å². The summed E-state index contributed by atoms with van der Waals surface area (Å²) in [4.78, 5) is 12.4. The molecule has 0 saturated heterocycles. The molecule has 0 aromatic heterocycles. The van der Waals surface area contributed by atoms with Gasteiger partial charge in [0.05, 0.1) is 7.11 Å². The molecule has 0 heterocycles. The zero-order valence-corrected chi connectivity index (χ0v) is 16.1. The van der Waals surface area contributed by atoms with Crippen molar-refractivity contribution in [1.82, 2.24) is 0 Å². The third-order valence-electron chi connectivity index (χ3n) is 4.10. The normalized spacial score (nSPS) is 11.0. The molecule has 0 aliphatic rings. The summed E-state index contributed by atoms with van der Waals surface area (Å²) in [5.41, 5.74) is 4.04. The van der Waals surface area contributed by atoms with E-state index in [4.69, 9.17) is 9.47 Å². The number of amides is 1. The molecule has 2 aromatic carbocycles. The van der Waals surface area contributed by atoms with E-state index in [9.17, 15) is 4.79 Å². The van der Waals surface area contributed by atoms with E-state index in [2.05, 4.69) is 19.2 Å². The summed E-state index contributed by atoms with van der Waals surface area (Å²) in [6, 6.07) is 11.7. The number of carbonyl (C=O) groups is 1. The lowest BCUT2D eigenvalue weighted by atomic mass is 9.98. The molecule has 2 rings (SSSR count). The molecule has 0 saturated carbocycles. The maximum absolute atomic E-state index is 12.4. The fraction of sp³-hybridized carbons (Fsp3) is 0.318. The van der Waals surface area contributed by atoms with Crippen molar-refractivity contribution < 1.29 is 14.3 Å². The molecule has 26 heavy (non-hydrogen) atoms. The first-order valence-corrected chi connectivity index (χ1v) is 8.79. The molecular weight excluding hydrogens is 326 g/mol. The van der Waals surface area contributed by atoms with Gasteiger partial charge in [-0.25, -0.2) is 0 Å². The Morgan fingerprint density at radius 1 is 1.19 bits per heavy atom. The lowest BCUT2D eigenvalue weighted by Crippen LogP contribution is -2.22. The number of aryl methyl sites for hydroxylation is 1. The van der Waals surface area contributed by atoms with E-state index in [1.165, 1.54) is 0 Å². The highest BCUT2D eigenvalue weighted by Gasteiger charge is 2.13. The molecule has 2 aromatic rings. The maximum atomic E-state index is 12.4. The van der Waals surface area contributed by atoms with Gasteiger partial charge in [0.1, 0.15) is 0 Å². The highest BCUT2D eigenvalue weighted by Crippen LogP contribution is 2.29. The first-order valence-electron chi connectivity index (χ1n) is 8.79. The second kappa shape index (κ2) is 9.09. The quantitative estimate of drug-likeness (QED) is 0.746. The first kappa shape index (κ1) is 19.6. The van der Waals surface area contributed by atoms with Gasteiger partial charge in [-0.2, -0.15) is 0 Å². The van der Waals surface area contributed by atoms with Crippen LogP contribution in [-0.2, 0) is 4.79 Å². The summed E-state index contributed by atoms with van der Waals surface area (Å²) in [6.07, 6.45) is 3.93. The molecule has 0 fully saturated rings. The van der Waals surface area contributed by atoms with Crippen molar-refractivity contribution in [1.29, 1.82) is 0 Å². The van der Waals surface area contributed by atoms with Gasteiger partial charge in [-0.05, 0) is 48.6 Å². The molecule has 0 unspecified atom stereocenters. The van der Waals surface area contributed by atoms with Crippen LogP contribution in [0.3, 0.4) is 0 Å². The predicted octanol–water partition coefficient (Wildman–Crippen LogP) is 5.18. The standard InChI is InChI=1S/C22H27NO3/c1-6-8-17-11-12-19(20(13-17)25-5)26-14-21(24)23-22-16(4)9-7-10-18(22)15(2)3/h6-13,15H,14H2,1-5H3,(H,23,24)/b8-6+. The van der Waals surface area contributed by atoms with Gasteiger partial charge >= 0.3 is 0 Å². The van der Waals surface area contributed by atoms with Crippen LogP contribution in [0.4, 0.5) is 5.69 Å². The Morgan fingerprint density at radius 2 is 1.96 bits per heavy atom. The number of hydrogen-bond acceptors (Lipinski definition) is 3. The zero-order valence-electron chi connectivity index (χ0n) is 16.1. The SMILES string of the molecule is C/C=C/c1ccc(OCC(=O)Nc2c(C)cccc2C(C)C)c(OC)c1. The number of hydrogen-bond donors (Lipinski definition) is 1. The van der Waals surface area contributed by atoms with Crippen LogP contribution in [0.5, 0.6) is 11.5 Å². The van der Waals surface area contributed by atoms with Gasteiger partial charge in [-0.1, -0.05) is 50.3 Å². The van der Waals surface area contributed by atoms with Gasteiger partial charge in [0.2, 0.25) is 0 Å². The lowest BCUT2D eigenvalue weighted by molar-refractivity contribution is -0.118. The van der Waals surface area contributed by atoms with Gasteiger partial charge in [0, 0.05) is 5.69 Å². The van der Waals surface area contributed by atoms with Crippen LogP contribution in [0.25, 0.3) is 6.08 Å². The number of rotatable bonds is 7. The molecule has 4 nitrogen and oxygen atoms in total. The lowest BCUT2D eigenvalue weighted by Gasteiger charge is -2.17. The van der Waals surface area contributed by atoms with Crippen molar-refractivity contribution in [3.63, 3.8) is 0 Å². The number of nitrogens with one attached hydrogen (secondary N) is 1. The van der Waals surface area contributed by atoms with Crippen molar-refractivity contribution in [2.75, 3.05) is 19.0 Å². The Morgan fingerprint density at radius 3 is 2.62 bits per heavy atom. The number of benzene rings is 2. The van der Waals surface area contributed by atoms with Crippen molar-refractivity contribution >= 4 is 17.7 Å². The number of allylic oxidation sites excluding steroid dienone is 1. The van der Waals surface area contributed by atoms with E-state index < -0.39 is 0 Å². The highest BCUT2D eigenvalue weighted by molar-refractivity contribution is 5.93. The van der Waals surface area contributed by atoms with E-state index in [1.54, 1.807) is 7.11 Å². The van der Waals surface area contributed by atoms with Crippen LogP contribution in [0.2, 0.25) is 0 Å².